The third-order valence-corrected chi connectivity index (χ3v) is 7.27. The maximum Gasteiger partial charge on any atom is 0.416 e. The fourth-order valence-electron chi connectivity index (χ4n) is 5.10. The summed E-state index contributed by atoms with van der Waals surface area (Å²) in [4.78, 5) is 25.8. The van der Waals surface area contributed by atoms with E-state index in [4.69, 9.17) is 9.47 Å². The molecule has 11 heteroatoms. The Morgan fingerprint density at radius 1 is 1.13 bits per heavy atom. The minimum atomic E-state index is -4.75. The van der Waals surface area contributed by atoms with Gasteiger partial charge in [0.05, 0.1) is 49.0 Å². The molecular weight excluding hydrogens is 508 g/mol. The highest BCUT2D eigenvalue weighted by molar-refractivity contribution is 5.95. The maximum atomic E-state index is 14.5. The molecule has 1 aliphatic carbocycles. The molecule has 0 spiro atoms. The quantitative estimate of drug-likeness (QED) is 0.403. The number of anilines is 2. The van der Waals surface area contributed by atoms with E-state index < -0.39 is 59.0 Å². The van der Waals surface area contributed by atoms with Crippen molar-refractivity contribution >= 4 is 23.3 Å². The summed E-state index contributed by atoms with van der Waals surface area (Å²) >= 11 is 0. The molecule has 38 heavy (non-hydrogen) atoms. The normalized spacial score (nSPS) is 24.8. The third kappa shape index (κ3) is 6.10. The largest absolute Gasteiger partial charge is 0.481 e. The van der Waals surface area contributed by atoms with Crippen molar-refractivity contribution in [1.29, 1.82) is 0 Å². The molecule has 3 N–H and O–H groups in total. The number of alkyl halides is 3. The summed E-state index contributed by atoms with van der Waals surface area (Å²) < 4.78 is 64.7. The van der Waals surface area contributed by atoms with E-state index in [1.807, 2.05) is 6.92 Å². The standard InChI is InChI=1S/C27H30F4N2O5/c1-26(12-37-13-26)14-38-18-10-19(15-3-6-17(32-2)7-4-15)23(25(35)36)20(11-18)24(34)33-22-8-5-16(9-21(22)28)27(29,30)31/h3-9,18-20,23,32H,10-14H2,1-2H3,(H,33,34)(H,35,36)/t18-,19-,20-,23-/m1/s1. The van der Waals surface area contributed by atoms with Crippen LogP contribution in [0, 0.1) is 23.1 Å². The van der Waals surface area contributed by atoms with E-state index in [1.165, 1.54) is 0 Å². The smallest absolute Gasteiger partial charge is 0.416 e. The van der Waals surface area contributed by atoms with E-state index in [-0.39, 0.29) is 11.8 Å². The predicted molar refractivity (Wildman–Crippen MR) is 131 cm³/mol. The number of hydrogen-bond donors (Lipinski definition) is 3. The van der Waals surface area contributed by atoms with Crippen LogP contribution in [0.1, 0.15) is 36.8 Å². The molecule has 1 heterocycles. The van der Waals surface area contributed by atoms with Crippen molar-refractivity contribution in [2.45, 2.75) is 38.0 Å². The van der Waals surface area contributed by atoms with Gasteiger partial charge in [-0.15, -0.1) is 0 Å². The monoisotopic (exact) mass is 538 g/mol. The van der Waals surface area contributed by atoms with Gasteiger partial charge in [-0.2, -0.15) is 13.2 Å². The zero-order valence-corrected chi connectivity index (χ0v) is 21.0. The van der Waals surface area contributed by atoms with Gasteiger partial charge in [-0.3, -0.25) is 9.59 Å². The van der Waals surface area contributed by atoms with Gasteiger partial charge in [0, 0.05) is 24.1 Å². The fraction of sp³-hybridized carbons (Fsp3) is 0.481. The van der Waals surface area contributed by atoms with E-state index in [2.05, 4.69) is 10.6 Å². The van der Waals surface area contributed by atoms with Crippen LogP contribution in [0.5, 0.6) is 0 Å². The van der Waals surface area contributed by atoms with E-state index in [0.29, 0.717) is 43.9 Å². The highest BCUT2D eigenvalue weighted by Gasteiger charge is 2.47. The molecule has 2 aromatic carbocycles. The minimum Gasteiger partial charge on any atom is -0.481 e. The number of amides is 1. The average molecular weight is 539 g/mol. The first-order valence-electron chi connectivity index (χ1n) is 12.3. The maximum absolute atomic E-state index is 14.5. The van der Waals surface area contributed by atoms with Gasteiger partial charge in [0.15, 0.2) is 0 Å². The first kappa shape index (κ1) is 27.8. The van der Waals surface area contributed by atoms with Crippen molar-refractivity contribution in [3.05, 3.63) is 59.4 Å². The van der Waals surface area contributed by atoms with Gasteiger partial charge in [-0.25, -0.2) is 4.39 Å². The number of benzene rings is 2. The number of carbonyl (C=O) groups excluding carboxylic acids is 1. The second-order valence-corrected chi connectivity index (χ2v) is 10.3. The van der Waals surface area contributed by atoms with Crippen LogP contribution in [-0.4, -0.2) is 50.0 Å². The number of nitrogens with one attached hydrogen (secondary N) is 2. The Balaban J connectivity index is 1.61. The third-order valence-electron chi connectivity index (χ3n) is 7.27. The predicted octanol–water partition coefficient (Wildman–Crippen LogP) is 5.14. The Morgan fingerprint density at radius 3 is 2.34 bits per heavy atom. The van der Waals surface area contributed by atoms with E-state index in [0.717, 1.165) is 11.8 Å². The lowest BCUT2D eigenvalue weighted by atomic mass is 9.67. The van der Waals surface area contributed by atoms with E-state index >= 15 is 0 Å². The average Bonchev–Trinajstić information content (AvgIpc) is 2.86. The van der Waals surface area contributed by atoms with Crippen LogP contribution in [-0.2, 0) is 25.2 Å². The number of carboxylic acid groups (broad SMARTS) is 1. The van der Waals surface area contributed by atoms with Crippen LogP contribution in [0.25, 0.3) is 0 Å². The number of hydrogen-bond acceptors (Lipinski definition) is 5. The first-order valence-corrected chi connectivity index (χ1v) is 12.3. The van der Waals surface area contributed by atoms with Crippen molar-refractivity contribution in [3.63, 3.8) is 0 Å². The van der Waals surface area contributed by atoms with Crippen molar-refractivity contribution in [2.24, 2.45) is 17.3 Å². The summed E-state index contributed by atoms with van der Waals surface area (Å²) in [5.74, 6) is -6.11. The summed E-state index contributed by atoms with van der Waals surface area (Å²) in [5, 5.41) is 15.5. The molecule has 2 aromatic rings. The molecule has 2 fully saturated rings. The number of aliphatic carboxylic acids is 1. The van der Waals surface area contributed by atoms with Gasteiger partial charge in [-0.1, -0.05) is 19.1 Å². The summed E-state index contributed by atoms with van der Waals surface area (Å²) in [6.45, 7) is 3.43. The number of carbonyl (C=O) groups is 2. The second kappa shape index (κ2) is 10.9. The molecule has 1 aliphatic heterocycles. The van der Waals surface area contributed by atoms with Crippen molar-refractivity contribution in [3.8, 4) is 0 Å². The Kier molecular flexibility index (Phi) is 7.98. The number of halogens is 4. The lowest BCUT2D eigenvalue weighted by Gasteiger charge is -2.42. The molecule has 206 valence electrons. The fourth-order valence-corrected chi connectivity index (χ4v) is 5.10. The lowest BCUT2D eigenvalue weighted by molar-refractivity contribution is -0.164. The van der Waals surface area contributed by atoms with Crippen LogP contribution in [0.4, 0.5) is 28.9 Å². The molecule has 0 radical (unpaired) electrons. The van der Waals surface area contributed by atoms with E-state index in [1.54, 1.807) is 31.3 Å². The SMILES string of the molecule is CNc1ccc([C@H]2C[C@@H](OCC3(C)COC3)C[C@@H](C(=O)Nc3ccc(C(F)(F)F)cc3F)[C@@H]2C(=O)O)cc1. The number of rotatable bonds is 8. The van der Waals surface area contributed by atoms with Crippen molar-refractivity contribution in [2.75, 3.05) is 37.5 Å². The van der Waals surface area contributed by atoms with Gasteiger partial charge in [0.1, 0.15) is 5.82 Å². The molecule has 2 aliphatic rings. The molecule has 0 bridgehead atoms. The van der Waals surface area contributed by atoms with Crippen LogP contribution >= 0.6 is 0 Å². The van der Waals surface area contributed by atoms with Crippen molar-refractivity contribution < 1.29 is 41.7 Å². The van der Waals surface area contributed by atoms with Crippen LogP contribution < -0.4 is 10.6 Å². The zero-order valence-electron chi connectivity index (χ0n) is 21.0. The zero-order chi connectivity index (χ0) is 27.7. The first-order chi connectivity index (χ1) is 17.9. The Morgan fingerprint density at radius 2 is 1.82 bits per heavy atom. The number of ether oxygens (including phenoxy) is 2. The highest BCUT2D eigenvalue weighted by atomic mass is 19.4. The Bertz CT molecular complexity index is 1170. The van der Waals surface area contributed by atoms with Crippen LogP contribution in [0.3, 0.4) is 0 Å². The molecule has 1 saturated heterocycles. The van der Waals surface area contributed by atoms with Gasteiger partial charge in [-0.05, 0) is 48.7 Å². The van der Waals surface area contributed by atoms with Crippen molar-refractivity contribution in [1.82, 2.24) is 0 Å². The van der Waals surface area contributed by atoms with Crippen LogP contribution in [0.2, 0.25) is 0 Å². The van der Waals surface area contributed by atoms with E-state index in [9.17, 15) is 32.3 Å². The Hall–Kier alpha value is -3.18. The molecule has 1 amide bonds. The van der Waals surface area contributed by atoms with Gasteiger partial charge in [0.25, 0.3) is 0 Å². The summed E-state index contributed by atoms with van der Waals surface area (Å²) in [6, 6.07) is 8.98. The molecule has 4 rings (SSSR count). The summed E-state index contributed by atoms with van der Waals surface area (Å²) in [5.41, 5.74) is -0.282. The minimum absolute atomic E-state index is 0.0626. The molecule has 0 unspecified atom stereocenters. The van der Waals surface area contributed by atoms with Gasteiger partial charge < -0.3 is 25.2 Å². The lowest BCUT2D eigenvalue weighted by Crippen LogP contribution is -2.48. The molecule has 4 atom stereocenters. The highest BCUT2D eigenvalue weighted by Crippen LogP contribution is 2.44. The summed E-state index contributed by atoms with van der Waals surface area (Å²) in [7, 11) is 1.75. The topological polar surface area (TPSA) is 96.9 Å². The molecular formula is C27H30F4N2O5. The molecule has 7 nitrogen and oxygen atoms in total. The van der Waals surface area contributed by atoms with Gasteiger partial charge >= 0.3 is 12.1 Å². The van der Waals surface area contributed by atoms with Gasteiger partial charge in [0.2, 0.25) is 5.91 Å². The molecule has 0 aromatic heterocycles. The molecule has 1 saturated carbocycles. The van der Waals surface area contributed by atoms with Crippen LogP contribution in [0.15, 0.2) is 42.5 Å². The second-order valence-electron chi connectivity index (χ2n) is 10.3. The summed E-state index contributed by atoms with van der Waals surface area (Å²) in [6.07, 6.45) is -4.80. The Labute approximate surface area is 217 Å². The number of carboxylic acids is 1.